The number of hydrogen-bond donors (Lipinski definition) is 1. The van der Waals surface area contributed by atoms with E-state index < -0.39 is 14.9 Å². The number of nitrogens with one attached hydrogen (secondary N) is 1. The van der Waals surface area contributed by atoms with Crippen LogP contribution >= 0.6 is 11.6 Å². The number of nitro benzene ring substituents is 1. The molecule has 0 radical (unpaired) electrons. The van der Waals surface area contributed by atoms with Crippen LogP contribution in [0.25, 0.3) is 0 Å². The monoisotopic (exact) mass is 439 g/mol. The largest absolute Gasteiger partial charge is 0.379 e. The molecule has 29 heavy (non-hydrogen) atoms. The first-order chi connectivity index (χ1) is 13.8. The number of halogens is 1. The first-order valence-electron chi connectivity index (χ1n) is 9.21. The Morgan fingerprint density at radius 3 is 2.45 bits per heavy atom. The molecule has 1 aliphatic heterocycles. The molecule has 1 atom stereocenters. The summed E-state index contributed by atoms with van der Waals surface area (Å²) in [7, 11) is -3.93. The molecule has 2 aromatic rings. The Kier molecular flexibility index (Phi) is 6.74. The van der Waals surface area contributed by atoms with Crippen molar-refractivity contribution in [3.8, 4) is 0 Å². The standard InChI is InChI=1S/C19H22ClN3O5S/c1-2-17(14-3-5-15(20)6-4-14)21-18-8-7-16(23(24)25)13-19(18)29(26,27)22-9-11-28-12-10-22/h3-8,13,17,21H,2,9-12H2,1H3/t17-/m1/s1. The summed E-state index contributed by atoms with van der Waals surface area (Å²) >= 11 is 5.96. The molecule has 0 saturated carbocycles. The zero-order chi connectivity index (χ0) is 21.0. The molecule has 1 fully saturated rings. The topological polar surface area (TPSA) is 102 Å². The molecule has 1 aliphatic rings. The van der Waals surface area contributed by atoms with E-state index in [-0.39, 0.29) is 29.7 Å². The molecule has 0 spiro atoms. The fraction of sp³-hybridized carbons (Fsp3) is 0.368. The van der Waals surface area contributed by atoms with Crippen molar-refractivity contribution in [2.45, 2.75) is 24.3 Å². The number of anilines is 1. The number of nitrogens with zero attached hydrogens (tertiary/aromatic N) is 2. The summed E-state index contributed by atoms with van der Waals surface area (Å²) in [5.74, 6) is 0. The molecule has 3 rings (SSSR count). The van der Waals surface area contributed by atoms with Crippen molar-refractivity contribution in [1.29, 1.82) is 0 Å². The van der Waals surface area contributed by atoms with E-state index in [0.717, 1.165) is 11.6 Å². The van der Waals surface area contributed by atoms with Gasteiger partial charge in [0, 0.05) is 30.2 Å². The van der Waals surface area contributed by atoms with Gasteiger partial charge in [0.15, 0.2) is 0 Å². The van der Waals surface area contributed by atoms with Gasteiger partial charge in [-0.1, -0.05) is 30.7 Å². The van der Waals surface area contributed by atoms with Crippen LogP contribution in [0.3, 0.4) is 0 Å². The Hall–Kier alpha value is -2.20. The number of nitro groups is 1. The van der Waals surface area contributed by atoms with Crippen molar-refractivity contribution < 1.29 is 18.1 Å². The Labute approximate surface area is 174 Å². The van der Waals surface area contributed by atoms with Crippen LogP contribution in [0.2, 0.25) is 5.02 Å². The number of rotatable bonds is 7. The zero-order valence-electron chi connectivity index (χ0n) is 15.9. The SMILES string of the molecule is CC[C@@H](Nc1ccc([N+](=O)[O-])cc1S(=O)(=O)N1CCOCC1)c1ccc(Cl)cc1. The summed E-state index contributed by atoms with van der Waals surface area (Å²) < 4.78 is 33.0. The summed E-state index contributed by atoms with van der Waals surface area (Å²) in [6.07, 6.45) is 0.676. The van der Waals surface area contributed by atoms with E-state index in [2.05, 4.69) is 5.32 Å². The van der Waals surface area contributed by atoms with Gasteiger partial charge in [-0.3, -0.25) is 10.1 Å². The second-order valence-corrected chi connectivity index (χ2v) is 8.95. The molecule has 0 aliphatic carbocycles. The summed E-state index contributed by atoms with van der Waals surface area (Å²) in [4.78, 5) is 10.5. The van der Waals surface area contributed by atoms with Crippen molar-refractivity contribution in [3.63, 3.8) is 0 Å². The van der Waals surface area contributed by atoms with Crippen LogP contribution in [0.15, 0.2) is 47.4 Å². The van der Waals surface area contributed by atoms with Gasteiger partial charge in [0.05, 0.1) is 29.9 Å². The lowest BCUT2D eigenvalue weighted by molar-refractivity contribution is -0.385. The number of hydrogen-bond acceptors (Lipinski definition) is 6. The summed E-state index contributed by atoms with van der Waals surface area (Å²) in [6.45, 7) is 2.96. The molecular weight excluding hydrogens is 418 g/mol. The highest BCUT2D eigenvalue weighted by atomic mass is 35.5. The van der Waals surface area contributed by atoms with Crippen LogP contribution in [0.1, 0.15) is 24.9 Å². The van der Waals surface area contributed by atoms with E-state index in [4.69, 9.17) is 16.3 Å². The van der Waals surface area contributed by atoms with Gasteiger partial charge in [0.1, 0.15) is 4.90 Å². The van der Waals surface area contributed by atoms with Crippen molar-refractivity contribution in [2.24, 2.45) is 0 Å². The number of non-ortho nitro benzene ring substituents is 1. The fourth-order valence-corrected chi connectivity index (χ4v) is 4.90. The lowest BCUT2D eigenvalue weighted by atomic mass is 10.0. The van der Waals surface area contributed by atoms with E-state index >= 15 is 0 Å². The highest BCUT2D eigenvalue weighted by molar-refractivity contribution is 7.89. The minimum absolute atomic E-state index is 0.110. The third-order valence-corrected chi connectivity index (χ3v) is 6.96. The predicted molar refractivity (Wildman–Crippen MR) is 111 cm³/mol. The third kappa shape index (κ3) is 4.87. The van der Waals surface area contributed by atoms with Crippen molar-refractivity contribution in [1.82, 2.24) is 4.31 Å². The number of sulfonamides is 1. The first kappa shape index (κ1) is 21.5. The van der Waals surface area contributed by atoms with Crippen LogP contribution < -0.4 is 5.32 Å². The normalized spacial score (nSPS) is 16.3. The average Bonchev–Trinajstić information content (AvgIpc) is 2.73. The Balaban J connectivity index is 2.01. The maximum Gasteiger partial charge on any atom is 0.270 e. The minimum Gasteiger partial charge on any atom is -0.379 e. The smallest absolute Gasteiger partial charge is 0.270 e. The molecule has 156 valence electrons. The van der Waals surface area contributed by atoms with Gasteiger partial charge in [-0.2, -0.15) is 4.31 Å². The minimum atomic E-state index is -3.93. The Bertz CT molecular complexity index is 976. The lowest BCUT2D eigenvalue weighted by Crippen LogP contribution is -2.40. The van der Waals surface area contributed by atoms with Gasteiger partial charge in [-0.25, -0.2) is 8.42 Å². The van der Waals surface area contributed by atoms with Crippen LogP contribution in [0.4, 0.5) is 11.4 Å². The van der Waals surface area contributed by atoms with Crippen molar-refractivity contribution >= 4 is 33.0 Å². The van der Waals surface area contributed by atoms with E-state index in [9.17, 15) is 18.5 Å². The number of benzene rings is 2. The van der Waals surface area contributed by atoms with E-state index in [1.54, 1.807) is 12.1 Å². The summed E-state index contributed by atoms with van der Waals surface area (Å²) in [5.41, 5.74) is 0.982. The molecule has 2 aromatic carbocycles. The quantitative estimate of drug-likeness (QED) is 0.519. The fourth-order valence-electron chi connectivity index (χ4n) is 3.19. The first-order valence-corrected chi connectivity index (χ1v) is 11.0. The Morgan fingerprint density at radius 1 is 1.21 bits per heavy atom. The van der Waals surface area contributed by atoms with Gasteiger partial charge in [-0.15, -0.1) is 0 Å². The van der Waals surface area contributed by atoms with Crippen molar-refractivity contribution in [2.75, 3.05) is 31.6 Å². The second-order valence-electron chi connectivity index (χ2n) is 6.61. The summed E-state index contributed by atoms with van der Waals surface area (Å²) in [5, 5.41) is 15.1. The average molecular weight is 440 g/mol. The molecule has 0 aromatic heterocycles. The number of ether oxygens (including phenoxy) is 1. The Morgan fingerprint density at radius 2 is 1.86 bits per heavy atom. The molecular formula is C19H22ClN3O5S. The predicted octanol–water partition coefficient (Wildman–Crippen LogP) is 3.83. The molecule has 8 nitrogen and oxygen atoms in total. The van der Waals surface area contributed by atoms with Gasteiger partial charge in [0.25, 0.3) is 5.69 Å². The molecule has 0 amide bonds. The number of morpholine rings is 1. The summed E-state index contributed by atoms with van der Waals surface area (Å²) in [6, 6.07) is 10.9. The van der Waals surface area contributed by atoms with Gasteiger partial charge in [0.2, 0.25) is 10.0 Å². The van der Waals surface area contributed by atoms with Gasteiger partial charge >= 0.3 is 0 Å². The van der Waals surface area contributed by atoms with E-state index in [1.165, 1.54) is 16.4 Å². The third-order valence-electron chi connectivity index (χ3n) is 4.77. The zero-order valence-corrected chi connectivity index (χ0v) is 17.4. The molecule has 1 saturated heterocycles. The van der Waals surface area contributed by atoms with Crippen LogP contribution in [0, 0.1) is 10.1 Å². The molecule has 0 unspecified atom stereocenters. The molecule has 0 bridgehead atoms. The lowest BCUT2D eigenvalue weighted by Gasteiger charge is -2.28. The second kappa shape index (κ2) is 9.08. The maximum absolute atomic E-state index is 13.2. The molecule has 1 heterocycles. The molecule has 1 N–H and O–H groups in total. The van der Waals surface area contributed by atoms with E-state index in [1.807, 2.05) is 19.1 Å². The highest BCUT2D eigenvalue weighted by Crippen LogP contribution is 2.33. The van der Waals surface area contributed by atoms with Gasteiger partial charge in [-0.05, 0) is 30.2 Å². The van der Waals surface area contributed by atoms with Crippen molar-refractivity contribution in [3.05, 3.63) is 63.2 Å². The van der Waals surface area contributed by atoms with Gasteiger partial charge < -0.3 is 10.1 Å². The van der Waals surface area contributed by atoms with Crippen LogP contribution in [-0.2, 0) is 14.8 Å². The van der Waals surface area contributed by atoms with E-state index in [0.29, 0.717) is 30.3 Å². The maximum atomic E-state index is 13.2. The highest BCUT2D eigenvalue weighted by Gasteiger charge is 2.31. The van der Waals surface area contributed by atoms with Crippen LogP contribution in [-0.4, -0.2) is 43.9 Å². The van der Waals surface area contributed by atoms with Crippen LogP contribution in [0.5, 0.6) is 0 Å². The molecule has 10 heteroatoms.